The van der Waals surface area contributed by atoms with Gasteiger partial charge < -0.3 is 10.2 Å². The summed E-state index contributed by atoms with van der Waals surface area (Å²) >= 11 is 0. The molecule has 0 rings (SSSR count). The van der Waals surface area contributed by atoms with Crippen molar-refractivity contribution in [1.29, 1.82) is 0 Å². The minimum Gasteiger partial charge on any atom is -0.393 e. The van der Waals surface area contributed by atoms with E-state index in [1.807, 2.05) is 0 Å². The molecule has 67 valence electrons. The Balaban J connectivity index is 3.02. The van der Waals surface area contributed by atoms with Crippen molar-refractivity contribution in [3.05, 3.63) is 6.61 Å². The molecule has 11 heavy (non-hydrogen) atoms. The largest absolute Gasteiger partial charge is 0.393 e. The summed E-state index contributed by atoms with van der Waals surface area (Å²) in [6, 6.07) is 0. The fourth-order valence-electron chi connectivity index (χ4n) is 1.04. The summed E-state index contributed by atoms with van der Waals surface area (Å²) in [5, 5.41) is 17.6. The van der Waals surface area contributed by atoms with Crippen molar-refractivity contribution in [2.24, 2.45) is 0 Å². The highest BCUT2D eigenvalue weighted by Crippen LogP contribution is 2.08. The molecule has 0 aliphatic rings. The molecular weight excluding hydrogens is 140 g/mol. The maximum atomic E-state index is 9.28. The number of hydrogen-bond donors (Lipinski definition) is 2. The Morgan fingerprint density at radius 2 is 2.00 bits per heavy atom. The van der Waals surface area contributed by atoms with E-state index < -0.39 is 0 Å². The van der Waals surface area contributed by atoms with Gasteiger partial charge in [-0.25, -0.2) is 0 Å². The zero-order valence-electron chi connectivity index (χ0n) is 7.29. The van der Waals surface area contributed by atoms with E-state index in [1.54, 1.807) is 0 Å². The van der Waals surface area contributed by atoms with Crippen molar-refractivity contribution in [2.45, 2.75) is 51.6 Å². The van der Waals surface area contributed by atoms with Gasteiger partial charge in [-0.3, -0.25) is 0 Å². The molecule has 0 aliphatic heterocycles. The molecule has 0 heterocycles. The molecular formula is C9H19O2. The Morgan fingerprint density at radius 3 is 2.55 bits per heavy atom. The van der Waals surface area contributed by atoms with E-state index >= 15 is 0 Å². The second-order valence-corrected chi connectivity index (χ2v) is 2.91. The Morgan fingerprint density at radius 1 is 1.27 bits per heavy atom. The first-order chi connectivity index (χ1) is 5.31. The maximum absolute atomic E-state index is 9.28. The van der Waals surface area contributed by atoms with Crippen LogP contribution < -0.4 is 0 Å². The van der Waals surface area contributed by atoms with Crippen molar-refractivity contribution in [1.82, 2.24) is 0 Å². The minimum absolute atomic E-state index is 0.218. The molecule has 0 bridgehead atoms. The van der Waals surface area contributed by atoms with Crippen LogP contribution in [0.2, 0.25) is 0 Å². The first-order valence-electron chi connectivity index (χ1n) is 4.45. The van der Waals surface area contributed by atoms with E-state index in [0.717, 1.165) is 19.4 Å². The van der Waals surface area contributed by atoms with Crippen molar-refractivity contribution in [3.8, 4) is 0 Å². The minimum atomic E-state index is -0.218. The van der Waals surface area contributed by atoms with Crippen LogP contribution in [0.5, 0.6) is 0 Å². The summed E-state index contributed by atoms with van der Waals surface area (Å²) in [5.74, 6) is 0. The molecule has 0 amide bonds. The Bertz CT molecular complexity index is 74.0. The lowest BCUT2D eigenvalue weighted by molar-refractivity contribution is 0.145. The number of unbranched alkanes of at least 4 members (excludes halogenated alkanes) is 2. The van der Waals surface area contributed by atoms with Crippen LogP contribution >= 0.6 is 0 Å². The van der Waals surface area contributed by atoms with E-state index in [2.05, 4.69) is 6.92 Å². The van der Waals surface area contributed by atoms with Gasteiger partial charge in [-0.15, -0.1) is 0 Å². The SMILES string of the molecule is CCCCCC(O)CC[CH]O. The lowest BCUT2D eigenvalue weighted by Gasteiger charge is -2.07. The average Bonchev–Trinajstić information content (AvgIpc) is 2.01. The van der Waals surface area contributed by atoms with E-state index in [0.29, 0.717) is 12.8 Å². The zero-order chi connectivity index (χ0) is 8.53. The number of hydrogen-bond acceptors (Lipinski definition) is 2. The van der Waals surface area contributed by atoms with Gasteiger partial charge in [0.05, 0.1) is 12.7 Å². The molecule has 0 aromatic carbocycles. The maximum Gasteiger partial charge on any atom is 0.0800 e. The predicted molar refractivity (Wildman–Crippen MR) is 45.6 cm³/mol. The summed E-state index contributed by atoms with van der Waals surface area (Å²) in [7, 11) is 0. The smallest absolute Gasteiger partial charge is 0.0800 e. The van der Waals surface area contributed by atoms with Gasteiger partial charge in [-0.1, -0.05) is 26.2 Å². The molecule has 0 aliphatic carbocycles. The van der Waals surface area contributed by atoms with E-state index in [1.165, 1.54) is 12.8 Å². The molecule has 0 aromatic rings. The Labute approximate surface area is 69.2 Å². The summed E-state index contributed by atoms with van der Waals surface area (Å²) in [4.78, 5) is 0. The number of rotatable bonds is 7. The van der Waals surface area contributed by atoms with Gasteiger partial charge in [-0.2, -0.15) is 0 Å². The van der Waals surface area contributed by atoms with Crippen LogP contribution in [0.25, 0.3) is 0 Å². The summed E-state index contributed by atoms with van der Waals surface area (Å²) in [6.07, 6.45) is 5.45. The summed E-state index contributed by atoms with van der Waals surface area (Å²) < 4.78 is 0. The summed E-state index contributed by atoms with van der Waals surface area (Å²) in [5.41, 5.74) is 0. The number of aliphatic hydroxyl groups is 2. The average molecular weight is 159 g/mol. The Hall–Kier alpha value is -0.0800. The Kier molecular flexibility index (Phi) is 7.96. The second-order valence-electron chi connectivity index (χ2n) is 2.91. The van der Waals surface area contributed by atoms with Crippen molar-refractivity contribution in [2.75, 3.05) is 0 Å². The van der Waals surface area contributed by atoms with Crippen LogP contribution in [-0.2, 0) is 0 Å². The highest BCUT2D eigenvalue weighted by atomic mass is 16.3. The van der Waals surface area contributed by atoms with Gasteiger partial charge in [0.2, 0.25) is 0 Å². The van der Waals surface area contributed by atoms with Gasteiger partial charge in [0.25, 0.3) is 0 Å². The highest BCUT2D eigenvalue weighted by Gasteiger charge is 2.01. The molecule has 2 N–H and O–H groups in total. The third-order valence-corrected chi connectivity index (χ3v) is 1.77. The van der Waals surface area contributed by atoms with Gasteiger partial charge in [0.15, 0.2) is 0 Å². The van der Waals surface area contributed by atoms with Crippen LogP contribution in [-0.4, -0.2) is 16.3 Å². The molecule has 1 radical (unpaired) electrons. The van der Waals surface area contributed by atoms with Crippen LogP contribution in [0, 0.1) is 6.61 Å². The van der Waals surface area contributed by atoms with Gasteiger partial charge in [0, 0.05) is 0 Å². The van der Waals surface area contributed by atoms with Gasteiger partial charge in [0.1, 0.15) is 0 Å². The topological polar surface area (TPSA) is 40.5 Å². The first-order valence-corrected chi connectivity index (χ1v) is 4.45. The van der Waals surface area contributed by atoms with Gasteiger partial charge in [-0.05, 0) is 19.3 Å². The normalized spacial score (nSPS) is 13.4. The fraction of sp³-hybridized carbons (Fsp3) is 0.889. The van der Waals surface area contributed by atoms with Crippen LogP contribution in [0.15, 0.2) is 0 Å². The standard InChI is InChI=1S/C9H19O2/c1-2-3-4-6-9(11)7-5-8-10/h8-11H,2-7H2,1H3. The first kappa shape index (κ1) is 10.9. The molecule has 1 unspecified atom stereocenters. The van der Waals surface area contributed by atoms with Gasteiger partial charge >= 0.3 is 0 Å². The van der Waals surface area contributed by atoms with Crippen LogP contribution in [0.3, 0.4) is 0 Å². The monoisotopic (exact) mass is 159 g/mol. The molecule has 0 saturated heterocycles. The molecule has 0 fully saturated rings. The lowest BCUT2D eigenvalue weighted by atomic mass is 10.1. The lowest BCUT2D eigenvalue weighted by Crippen LogP contribution is -2.05. The third-order valence-electron chi connectivity index (χ3n) is 1.77. The van der Waals surface area contributed by atoms with E-state index in [4.69, 9.17) is 5.11 Å². The second kappa shape index (κ2) is 8.02. The van der Waals surface area contributed by atoms with E-state index in [9.17, 15) is 5.11 Å². The van der Waals surface area contributed by atoms with Crippen molar-refractivity contribution in [3.63, 3.8) is 0 Å². The highest BCUT2D eigenvalue weighted by molar-refractivity contribution is 4.58. The predicted octanol–water partition coefficient (Wildman–Crippen LogP) is 2.24. The van der Waals surface area contributed by atoms with Crippen molar-refractivity contribution < 1.29 is 10.2 Å². The third kappa shape index (κ3) is 7.82. The summed E-state index contributed by atoms with van der Waals surface area (Å²) in [6.45, 7) is 3.26. The molecule has 0 aromatic heterocycles. The molecule has 0 spiro atoms. The molecule has 1 atom stereocenters. The molecule has 2 heteroatoms. The molecule has 2 nitrogen and oxygen atoms in total. The molecule has 0 saturated carbocycles. The quantitative estimate of drug-likeness (QED) is 0.559. The van der Waals surface area contributed by atoms with E-state index in [-0.39, 0.29) is 6.10 Å². The van der Waals surface area contributed by atoms with Crippen molar-refractivity contribution >= 4 is 0 Å². The fourth-order valence-corrected chi connectivity index (χ4v) is 1.04. The van der Waals surface area contributed by atoms with Crippen LogP contribution in [0.1, 0.15) is 45.4 Å². The zero-order valence-corrected chi connectivity index (χ0v) is 7.29. The van der Waals surface area contributed by atoms with Crippen LogP contribution in [0.4, 0.5) is 0 Å². The number of aliphatic hydroxyl groups excluding tert-OH is 2.